The van der Waals surface area contributed by atoms with Gasteiger partial charge in [-0.05, 0) is 49.4 Å². The van der Waals surface area contributed by atoms with Gasteiger partial charge < -0.3 is 10.1 Å². The highest BCUT2D eigenvalue weighted by molar-refractivity contribution is 5.27. The maximum Gasteiger partial charge on any atom is 0.118 e. The molecule has 0 aliphatic rings. The van der Waals surface area contributed by atoms with Gasteiger partial charge in [0.1, 0.15) is 5.75 Å². The number of hydrogen-bond acceptors (Lipinski definition) is 2. The summed E-state index contributed by atoms with van der Waals surface area (Å²) in [6.45, 7) is 7.95. The molecule has 0 saturated heterocycles. The van der Waals surface area contributed by atoms with E-state index in [4.69, 9.17) is 4.74 Å². The van der Waals surface area contributed by atoms with Crippen LogP contribution in [0.1, 0.15) is 52.0 Å². The molecule has 0 aliphatic heterocycles. The molecule has 0 spiro atoms. The topological polar surface area (TPSA) is 21.3 Å². The summed E-state index contributed by atoms with van der Waals surface area (Å²) in [6, 6.07) is 9.08. The molecule has 0 bridgehead atoms. The second kappa shape index (κ2) is 9.82. The first-order chi connectivity index (χ1) is 9.65. The normalized spacial score (nSPS) is 12.7. The smallest absolute Gasteiger partial charge is 0.118 e. The Labute approximate surface area is 124 Å². The molecule has 0 fully saturated rings. The summed E-state index contributed by atoms with van der Waals surface area (Å²) < 4.78 is 5.21. The molecule has 20 heavy (non-hydrogen) atoms. The zero-order valence-corrected chi connectivity index (χ0v) is 13.6. The van der Waals surface area contributed by atoms with Crippen LogP contribution < -0.4 is 10.1 Å². The summed E-state index contributed by atoms with van der Waals surface area (Å²) in [7, 11) is 1.71. The number of hydrogen-bond donors (Lipinski definition) is 1. The van der Waals surface area contributed by atoms with Crippen molar-refractivity contribution in [1.82, 2.24) is 5.32 Å². The summed E-state index contributed by atoms with van der Waals surface area (Å²) in [4.78, 5) is 0. The van der Waals surface area contributed by atoms with Crippen molar-refractivity contribution in [3.05, 3.63) is 29.8 Å². The van der Waals surface area contributed by atoms with Crippen molar-refractivity contribution in [2.45, 2.75) is 58.9 Å². The standard InChI is InChI=1S/C18H31NO/c1-5-13-19-17(8-6-7-15(2)3)14-16-9-11-18(20-4)12-10-16/h9-12,15,17,19H,5-8,13-14H2,1-4H3. The van der Waals surface area contributed by atoms with Gasteiger partial charge in [0.2, 0.25) is 0 Å². The van der Waals surface area contributed by atoms with E-state index in [1.807, 2.05) is 0 Å². The van der Waals surface area contributed by atoms with Gasteiger partial charge in [0.05, 0.1) is 7.11 Å². The molecule has 1 aromatic carbocycles. The Hall–Kier alpha value is -1.02. The number of rotatable bonds is 10. The molecule has 114 valence electrons. The van der Waals surface area contributed by atoms with Gasteiger partial charge in [-0.15, -0.1) is 0 Å². The molecule has 0 amide bonds. The fourth-order valence-corrected chi connectivity index (χ4v) is 2.44. The molecule has 1 atom stereocenters. The Kier molecular flexibility index (Phi) is 8.36. The quantitative estimate of drug-likeness (QED) is 0.683. The van der Waals surface area contributed by atoms with E-state index in [0.29, 0.717) is 6.04 Å². The van der Waals surface area contributed by atoms with Crippen LogP contribution >= 0.6 is 0 Å². The largest absolute Gasteiger partial charge is 0.497 e. The van der Waals surface area contributed by atoms with Crippen molar-refractivity contribution in [1.29, 1.82) is 0 Å². The van der Waals surface area contributed by atoms with E-state index >= 15 is 0 Å². The van der Waals surface area contributed by atoms with Crippen molar-refractivity contribution in [2.75, 3.05) is 13.7 Å². The van der Waals surface area contributed by atoms with Crippen LogP contribution in [0.4, 0.5) is 0 Å². The predicted octanol–water partition coefficient (Wildman–Crippen LogP) is 4.43. The Morgan fingerprint density at radius 1 is 1.10 bits per heavy atom. The lowest BCUT2D eigenvalue weighted by molar-refractivity contribution is 0.414. The molecule has 0 saturated carbocycles. The van der Waals surface area contributed by atoms with E-state index in [0.717, 1.165) is 24.6 Å². The SMILES string of the molecule is CCCNC(CCCC(C)C)Cc1ccc(OC)cc1. The molecule has 1 rings (SSSR count). The van der Waals surface area contributed by atoms with Gasteiger partial charge in [-0.25, -0.2) is 0 Å². The van der Waals surface area contributed by atoms with Crippen molar-refractivity contribution >= 4 is 0 Å². The number of methoxy groups -OCH3 is 1. The monoisotopic (exact) mass is 277 g/mol. The van der Waals surface area contributed by atoms with Gasteiger partial charge in [0, 0.05) is 6.04 Å². The molecule has 2 heteroatoms. The van der Waals surface area contributed by atoms with Crippen LogP contribution in [0, 0.1) is 5.92 Å². The van der Waals surface area contributed by atoms with Crippen LogP contribution in [0.3, 0.4) is 0 Å². The molecular formula is C18H31NO. The summed E-state index contributed by atoms with van der Waals surface area (Å²) in [5.41, 5.74) is 1.39. The average Bonchev–Trinajstić information content (AvgIpc) is 2.45. The maximum absolute atomic E-state index is 5.21. The van der Waals surface area contributed by atoms with Crippen LogP contribution in [-0.2, 0) is 6.42 Å². The second-order valence-corrected chi connectivity index (χ2v) is 6.03. The van der Waals surface area contributed by atoms with Crippen molar-refractivity contribution in [2.24, 2.45) is 5.92 Å². The first kappa shape index (κ1) is 17.0. The van der Waals surface area contributed by atoms with Crippen molar-refractivity contribution < 1.29 is 4.74 Å². The van der Waals surface area contributed by atoms with Gasteiger partial charge in [-0.1, -0.05) is 45.7 Å². The molecule has 1 aromatic rings. The van der Waals surface area contributed by atoms with Crippen molar-refractivity contribution in [3.8, 4) is 5.75 Å². The molecule has 0 aromatic heterocycles. The zero-order chi connectivity index (χ0) is 14.8. The summed E-state index contributed by atoms with van der Waals surface area (Å²) in [5, 5.41) is 3.69. The van der Waals surface area contributed by atoms with E-state index in [2.05, 4.69) is 50.4 Å². The van der Waals surface area contributed by atoms with E-state index < -0.39 is 0 Å². The van der Waals surface area contributed by atoms with E-state index in [-0.39, 0.29) is 0 Å². The first-order valence-electron chi connectivity index (χ1n) is 8.02. The minimum atomic E-state index is 0.599. The second-order valence-electron chi connectivity index (χ2n) is 6.03. The predicted molar refractivity (Wildman–Crippen MR) is 87.5 cm³/mol. The zero-order valence-electron chi connectivity index (χ0n) is 13.6. The summed E-state index contributed by atoms with van der Waals surface area (Å²) >= 11 is 0. The molecule has 0 radical (unpaired) electrons. The lowest BCUT2D eigenvalue weighted by Gasteiger charge is -2.19. The van der Waals surface area contributed by atoms with Gasteiger partial charge in [0.15, 0.2) is 0 Å². The third-order valence-electron chi connectivity index (χ3n) is 3.66. The lowest BCUT2D eigenvalue weighted by Crippen LogP contribution is -2.31. The third kappa shape index (κ3) is 6.95. The third-order valence-corrected chi connectivity index (χ3v) is 3.66. The molecule has 1 unspecified atom stereocenters. The average molecular weight is 277 g/mol. The first-order valence-corrected chi connectivity index (χ1v) is 8.02. The highest BCUT2D eigenvalue weighted by Gasteiger charge is 2.09. The molecule has 1 N–H and O–H groups in total. The molecule has 2 nitrogen and oxygen atoms in total. The molecule has 0 heterocycles. The van der Waals surface area contributed by atoms with E-state index in [1.165, 1.54) is 31.2 Å². The number of benzene rings is 1. The fraction of sp³-hybridized carbons (Fsp3) is 0.667. The van der Waals surface area contributed by atoms with E-state index in [1.54, 1.807) is 7.11 Å². The maximum atomic E-state index is 5.21. The van der Waals surface area contributed by atoms with E-state index in [9.17, 15) is 0 Å². The Morgan fingerprint density at radius 2 is 1.80 bits per heavy atom. The number of ether oxygens (including phenoxy) is 1. The van der Waals surface area contributed by atoms with Gasteiger partial charge in [-0.3, -0.25) is 0 Å². The van der Waals surface area contributed by atoms with Gasteiger partial charge >= 0.3 is 0 Å². The Balaban J connectivity index is 2.48. The Morgan fingerprint density at radius 3 is 2.35 bits per heavy atom. The minimum Gasteiger partial charge on any atom is -0.497 e. The van der Waals surface area contributed by atoms with Crippen LogP contribution in [0.15, 0.2) is 24.3 Å². The lowest BCUT2D eigenvalue weighted by atomic mass is 9.98. The van der Waals surface area contributed by atoms with Crippen molar-refractivity contribution in [3.63, 3.8) is 0 Å². The van der Waals surface area contributed by atoms with Crippen LogP contribution in [0.5, 0.6) is 5.75 Å². The summed E-state index contributed by atoms with van der Waals surface area (Å²) in [6.07, 6.45) is 6.22. The number of nitrogens with one attached hydrogen (secondary N) is 1. The van der Waals surface area contributed by atoms with Crippen LogP contribution in [-0.4, -0.2) is 19.7 Å². The highest BCUT2D eigenvalue weighted by atomic mass is 16.5. The highest BCUT2D eigenvalue weighted by Crippen LogP contribution is 2.15. The summed E-state index contributed by atoms with van der Waals surface area (Å²) in [5.74, 6) is 1.74. The Bertz CT molecular complexity index is 345. The minimum absolute atomic E-state index is 0.599. The van der Waals surface area contributed by atoms with Gasteiger partial charge in [0.25, 0.3) is 0 Å². The van der Waals surface area contributed by atoms with Gasteiger partial charge in [-0.2, -0.15) is 0 Å². The molecule has 0 aliphatic carbocycles. The van der Waals surface area contributed by atoms with Crippen LogP contribution in [0.25, 0.3) is 0 Å². The fourth-order valence-electron chi connectivity index (χ4n) is 2.44. The molecular weight excluding hydrogens is 246 g/mol. The van der Waals surface area contributed by atoms with Crippen LogP contribution in [0.2, 0.25) is 0 Å².